The fourth-order valence-electron chi connectivity index (χ4n) is 2.73. The molecule has 0 aromatic heterocycles. The van der Waals surface area contributed by atoms with E-state index in [4.69, 9.17) is 11.5 Å². The lowest BCUT2D eigenvalue weighted by Crippen LogP contribution is -2.56. The standard InChI is InChI=1S/C13H19N3O3/c1-2-4-11(12(17)18)14-13(19)16-8-7-15-6-3-5-10(15)9-16/h1,10-11H,3-9H2,(H,14,19)(H,17,18). The Morgan fingerprint density at radius 1 is 1.42 bits per heavy atom. The Labute approximate surface area is 112 Å². The lowest BCUT2D eigenvalue weighted by atomic mass is 10.1. The smallest absolute Gasteiger partial charge is 0.327 e. The highest BCUT2D eigenvalue weighted by molar-refractivity contribution is 5.82. The van der Waals surface area contributed by atoms with Crippen LogP contribution in [0.5, 0.6) is 0 Å². The minimum absolute atomic E-state index is 0.00443. The number of nitrogens with one attached hydrogen (secondary N) is 1. The van der Waals surface area contributed by atoms with Gasteiger partial charge in [0.15, 0.2) is 0 Å². The number of amides is 2. The highest BCUT2D eigenvalue weighted by Crippen LogP contribution is 2.21. The monoisotopic (exact) mass is 265 g/mol. The molecule has 2 N–H and O–H groups in total. The van der Waals surface area contributed by atoms with Crippen LogP contribution < -0.4 is 5.32 Å². The topological polar surface area (TPSA) is 72.9 Å². The van der Waals surface area contributed by atoms with Crippen LogP contribution in [-0.2, 0) is 4.79 Å². The Balaban J connectivity index is 1.89. The maximum Gasteiger partial charge on any atom is 0.327 e. The first-order chi connectivity index (χ1) is 9.11. The van der Waals surface area contributed by atoms with Crippen LogP contribution in [0.4, 0.5) is 4.79 Å². The van der Waals surface area contributed by atoms with Crippen molar-refractivity contribution in [2.45, 2.75) is 31.3 Å². The maximum absolute atomic E-state index is 12.0. The average Bonchev–Trinajstić information content (AvgIpc) is 2.85. The number of carboxylic acid groups (broad SMARTS) is 1. The number of fused-ring (bicyclic) bond motifs is 1. The van der Waals surface area contributed by atoms with E-state index in [1.807, 2.05) is 0 Å². The van der Waals surface area contributed by atoms with Gasteiger partial charge in [0.05, 0.1) is 0 Å². The maximum atomic E-state index is 12.0. The van der Waals surface area contributed by atoms with Crippen molar-refractivity contribution in [1.82, 2.24) is 15.1 Å². The second-order valence-electron chi connectivity index (χ2n) is 5.03. The fourth-order valence-corrected chi connectivity index (χ4v) is 2.73. The van der Waals surface area contributed by atoms with Gasteiger partial charge in [-0.15, -0.1) is 12.3 Å². The quantitative estimate of drug-likeness (QED) is 0.702. The number of rotatable bonds is 3. The van der Waals surface area contributed by atoms with Gasteiger partial charge in [0, 0.05) is 32.1 Å². The van der Waals surface area contributed by atoms with Crippen molar-refractivity contribution in [3.05, 3.63) is 0 Å². The van der Waals surface area contributed by atoms with E-state index in [0.29, 0.717) is 19.1 Å². The number of nitrogens with zero attached hydrogens (tertiary/aromatic N) is 2. The largest absolute Gasteiger partial charge is 0.480 e. The van der Waals surface area contributed by atoms with Crippen LogP contribution in [0.15, 0.2) is 0 Å². The molecule has 2 aliphatic heterocycles. The molecule has 2 unspecified atom stereocenters. The van der Waals surface area contributed by atoms with Crippen LogP contribution in [0.2, 0.25) is 0 Å². The summed E-state index contributed by atoms with van der Waals surface area (Å²) in [5.41, 5.74) is 0. The van der Waals surface area contributed by atoms with Gasteiger partial charge >= 0.3 is 12.0 Å². The zero-order valence-electron chi connectivity index (χ0n) is 10.8. The molecule has 0 bridgehead atoms. The van der Waals surface area contributed by atoms with E-state index in [9.17, 15) is 9.59 Å². The summed E-state index contributed by atoms with van der Waals surface area (Å²) in [4.78, 5) is 27.1. The zero-order valence-corrected chi connectivity index (χ0v) is 10.8. The van der Waals surface area contributed by atoms with E-state index in [-0.39, 0.29) is 12.5 Å². The van der Waals surface area contributed by atoms with Gasteiger partial charge in [-0.3, -0.25) is 4.90 Å². The molecule has 0 aromatic rings. The van der Waals surface area contributed by atoms with E-state index in [1.54, 1.807) is 4.90 Å². The molecular weight excluding hydrogens is 246 g/mol. The Kier molecular flexibility index (Phi) is 4.27. The number of carbonyl (C=O) groups excluding carboxylic acids is 1. The molecule has 0 aromatic carbocycles. The third-order valence-electron chi connectivity index (χ3n) is 3.79. The summed E-state index contributed by atoms with van der Waals surface area (Å²) >= 11 is 0. The van der Waals surface area contributed by atoms with Gasteiger partial charge < -0.3 is 15.3 Å². The number of carbonyl (C=O) groups is 2. The third kappa shape index (κ3) is 3.18. The number of hydrogen-bond donors (Lipinski definition) is 2. The molecule has 2 aliphatic rings. The lowest BCUT2D eigenvalue weighted by Gasteiger charge is -2.37. The number of hydrogen-bond acceptors (Lipinski definition) is 3. The molecule has 0 radical (unpaired) electrons. The van der Waals surface area contributed by atoms with E-state index >= 15 is 0 Å². The van der Waals surface area contributed by atoms with Gasteiger partial charge in [-0.25, -0.2) is 9.59 Å². The minimum Gasteiger partial charge on any atom is -0.480 e. The predicted molar refractivity (Wildman–Crippen MR) is 69.6 cm³/mol. The summed E-state index contributed by atoms with van der Waals surface area (Å²) in [5, 5.41) is 11.5. The highest BCUT2D eigenvalue weighted by Gasteiger charge is 2.33. The van der Waals surface area contributed by atoms with Crippen LogP contribution in [0.1, 0.15) is 19.3 Å². The molecule has 0 spiro atoms. The number of carboxylic acids is 1. The Morgan fingerprint density at radius 2 is 2.21 bits per heavy atom. The number of aliphatic carboxylic acids is 1. The Hall–Kier alpha value is -1.74. The first kappa shape index (κ1) is 13.7. The SMILES string of the molecule is C#CCC(NC(=O)N1CCN2CCCC2C1)C(=O)O. The summed E-state index contributed by atoms with van der Waals surface area (Å²) in [5.74, 6) is 1.18. The third-order valence-corrected chi connectivity index (χ3v) is 3.79. The van der Waals surface area contributed by atoms with Crippen LogP contribution in [0, 0.1) is 12.3 Å². The first-order valence-corrected chi connectivity index (χ1v) is 6.57. The molecule has 19 heavy (non-hydrogen) atoms. The number of piperazine rings is 1. The van der Waals surface area contributed by atoms with Crippen molar-refractivity contribution in [2.24, 2.45) is 0 Å². The van der Waals surface area contributed by atoms with Crippen molar-refractivity contribution in [1.29, 1.82) is 0 Å². The highest BCUT2D eigenvalue weighted by atomic mass is 16.4. The molecule has 6 heteroatoms. The summed E-state index contributed by atoms with van der Waals surface area (Å²) in [6.45, 7) is 3.29. The van der Waals surface area contributed by atoms with Crippen LogP contribution >= 0.6 is 0 Å². The molecule has 2 rings (SSSR count). The number of urea groups is 1. The fraction of sp³-hybridized carbons (Fsp3) is 0.692. The van der Waals surface area contributed by atoms with Crippen molar-refractivity contribution < 1.29 is 14.7 Å². The zero-order chi connectivity index (χ0) is 13.8. The van der Waals surface area contributed by atoms with E-state index < -0.39 is 12.0 Å². The normalized spacial score (nSPS) is 24.4. The van der Waals surface area contributed by atoms with E-state index in [0.717, 1.165) is 19.5 Å². The minimum atomic E-state index is -1.09. The summed E-state index contributed by atoms with van der Waals surface area (Å²) < 4.78 is 0. The van der Waals surface area contributed by atoms with Crippen LogP contribution in [0.3, 0.4) is 0 Å². The number of terminal acetylenes is 1. The molecule has 2 atom stereocenters. The van der Waals surface area contributed by atoms with E-state index in [1.165, 1.54) is 6.42 Å². The lowest BCUT2D eigenvalue weighted by molar-refractivity contribution is -0.139. The average molecular weight is 265 g/mol. The van der Waals surface area contributed by atoms with E-state index in [2.05, 4.69) is 16.1 Å². The molecule has 0 aliphatic carbocycles. The summed E-state index contributed by atoms with van der Waals surface area (Å²) in [6.07, 6.45) is 7.39. The molecular formula is C13H19N3O3. The molecule has 2 fully saturated rings. The summed E-state index contributed by atoms with van der Waals surface area (Å²) in [6, 6.07) is -0.899. The predicted octanol–water partition coefficient (Wildman–Crippen LogP) is -0.0475. The molecule has 2 heterocycles. The molecule has 104 valence electrons. The van der Waals surface area contributed by atoms with Gasteiger partial charge in [-0.05, 0) is 19.4 Å². The van der Waals surface area contributed by atoms with Gasteiger partial charge in [0.25, 0.3) is 0 Å². The van der Waals surface area contributed by atoms with Crippen LogP contribution in [-0.4, -0.2) is 65.2 Å². The van der Waals surface area contributed by atoms with Crippen molar-refractivity contribution in [3.8, 4) is 12.3 Å². The van der Waals surface area contributed by atoms with Crippen molar-refractivity contribution in [3.63, 3.8) is 0 Å². The summed E-state index contributed by atoms with van der Waals surface area (Å²) in [7, 11) is 0. The second kappa shape index (κ2) is 5.93. The van der Waals surface area contributed by atoms with Gasteiger partial charge in [-0.2, -0.15) is 0 Å². The molecule has 6 nitrogen and oxygen atoms in total. The Bertz CT molecular complexity index is 404. The van der Waals surface area contributed by atoms with Crippen molar-refractivity contribution >= 4 is 12.0 Å². The van der Waals surface area contributed by atoms with Gasteiger partial charge in [0.1, 0.15) is 6.04 Å². The molecule has 0 saturated carbocycles. The van der Waals surface area contributed by atoms with Gasteiger partial charge in [-0.1, -0.05) is 0 Å². The Morgan fingerprint density at radius 3 is 2.89 bits per heavy atom. The molecule has 2 amide bonds. The van der Waals surface area contributed by atoms with Crippen molar-refractivity contribution in [2.75, 3.05) is 26.2 Å². The van der Waals surface area contributed by atoms with Crippen LogP contribution in [0.25, 0.3) is 0 Å². The second-order valence-corrected chi connectivity index (χ2v) is 5.03. The molecule has 2 saturated heterocycles. The van der Waals surface area contributed by atoms with Gasteiger partial charge in [0.2, 0.25) is 0 Å². The first-order valence-electron chi connectivity index (χ1n) is 6.57.